The van der Waals surface area contributed by atoms with Crippen LogP contribution in [0.5, 0.6) is 5.75 Å². The Hall–Kier alpha value is -3.75. The van der Waals surface area contributed by atoms with Gasteiger partial charge in [-0.25, -0.2) is 14.5 Å². The number of amides is 2. The van der Waals surface area contributed by atoms with Crippen LogP contribution in [0.1, 0.15) is 26.5 Å². The lowest BCUT2D eigenvalue weighted by Crippen LogP contribution is -2.55. The maximum atomic E-state index is 13.2. The Morgan fingerprint density at radius 3 is 2.70 bits per heavy atom. The van der Waals surface area contributed by atoms with Crippen molar-refractivity contribution in [3.63, 3.8) is 0 Å². The maximum absolute atomic E-state index is 13.2. The van der Waals surface area contributed by atoms with Gasteiger partial charge in [-0.3, -0.25) is 19.9 Å². The number of aryl methyl sites for hydroxylation is 1. The third-order valence-corrected chi connectivity index (χ3v) is 6.59. The Morgan fingerprint density at radius 1 is 1.22 bits per heavy atom. The molecule has 1 aliphatic rings. The SMILES string of the molecule is COc1cnc(Cl)cc1-c1cc(C)ncc1C(=O)Nc1nn2cc(C(=O)N3CC(OC(F)F)C3)nc2s1. The van der Waals surface area contributed by atoms with E-state index in [9.17, 15) is 18.4 Å². The normalized spacial score (nSPS) is 13.7. The predicted molar refractivity (Wildman–Crippen MR) is 129 cm³/mol. The van der Waals surface area contributed by atoms with Crippen molar-refractivity contribution in [1.82, 2.24) is 29.5 Å². The second-order valence-electron chi connectivity index (χ2n) is 8.02. The molecule has 0 saturated carbocycles. The van der Waals surface area contributed by atoms with Crippen molar-refractivity contribution in [2.24, 2.45) is 0 Å². The first-order valence-electron chi connectivity index (χ1n) is 10.8. The van der Waals surface area contributed by atoms with Gasteiger partial charge in [-0.2, -0.15) is 8.78 Å². The van der Waals surface area contributed by atoms with Crippen LogP contribution in [0.15, 0.2) is 30.7 Å². The average molecular weight is 550 g/mol. The molecule has 0 unspecified atom stereocenters. The lowest BCUT2D eigenvalue weighted by Gasteiger charge is -2.38. The predicted octanol–water partition coefficient (Wildman–Crippen LogP) is 3.53. The zero-order chi connectivity index (χ0) is 26.3. The van der Waals surface area contributed by atoms with Crippen LogP contribution in [0.25, 0.3) is 16.1 Å². The van der Waals surface area contributed by atoms with Crippen LogP contribution in [0.4, 0.5) is 13.9 Å². The van der Waals surface area contributed by atoms with E-state index in [1.807, 2.05) is 0 Å². The van der Waals surface area contributed by atoms with Crippen LogP contribution in [0, 0.1) is 6.92 Å². The third kappa shape index (κ3) is 5.08. The molecule has 192 valence electrons. The van der Waals surface area contributed by atoms with E-state index in [0.717, 1.165) is 11.3 Å². The summed E-state index contributed by atoms with van der Waals surface area (Å²) in [6, 6.07) is 3.34. The van der Waals surface area contributed by atoms with Gasteiger partial charge in [0.05, 0.1) is 31.2 Å². The number of nitrogens with zero attached hydrogens (tertiary/aromatic N) is 6. The average Bonchev–Trinajstić information content (AvgIpc) is 3.39. The Labute approximate surface area is 217 Å². The van der Waals surface area contributed by atoms with Gasteiger partial charge in [0.2, 0.25) is 10.1 Å². The molecule has 1 saturated heterocycles. The summed E-state index contributed by atoms with van der Waals surface area (Å²) in [7, 11) is 1.49. The van der Waals surface area contributed by atoms with Gasteiger partial charge in [0.25, 0.3) is 11.8 Å². The van der Waals surface area contributed by atoms with Gasteiger partial charge in [0.1, 0.15) is 16.6 Å². The van der Waals surface area contributed by atoms with Gasteiger partial charge >= 0.3 is 6.61 Å². The number of hydrogen-bond donors (Lipinski definition) is 1. The molecule has 15 heteroatoms. The fraction of sp³-hybridized carbons (Fsp3) is 0.273. The van der Waals surface area contributed by atoms with Crippen molar-refractivity contribution >= 4 is 44.8 Å². The Balaban J connectivity index is 1.34. The highest BCUT2D eigenvalue weighted by Crippen LogP contribution is 2.34. The molecule has 0 atom stereocenters. The van der Waals surface area contributed by atoms with Gasteiger partial charge in [-0.1, -0.05) is 22.9 Å². The molecule has 0 aliphatic carbocycles. The smallest absolute Gasteiger partial charge is 0.345 e. The number of carbonyl (C=O) groups excluding carboxylic acids is 2. The van der Waals surface area contributed by atoms with Crippen molar-refractivity contribution in [2.45, 2.75) is 19.6 Å². The highest BCUT2D eigenvalue weighted by molar-refractivity contribution is 7.20. The zero-order valence-corrected chi connectivity index (χ0v) is 20.9. The number of nitrogens with one attached hydrogen (secondary N) is 1. The second-order valence-corrected chi connectivity index (χ2v) is 9.37. The van der Waals surface area contributed by atoms with Gasteiger partial charge in [-0.05, 0) is 19.1 Å². The summed E-state index contributed by atoms with van der Waals surface area (Å²) in [4.78, 5) is 40.0. The van der Waals surface area contributed by atoms with Gasteiger partial charge < -0.3 is 14.4 Å². The highest BCUT2D eigenvalue weighted by Gasteiger charge is 2.35. The minimum absolute atomic E-state index is 0.0590. The Bertz CT molecular complexity index is 1470. The van der Waals surface area contributed by atoms with E-state index in [0.29, 0.717) is 27.5 Å². The molecule has 0 spiro atoms. The fourth-order valence-electron chi connectivity index (χ4n) is 3.77. The van der Waals surface area contributed by atoms with Crippen LogP contribution in [0.3, 0.4) is 0 Å². The molecule has 0 aromatic carbocycles. The molecule has 1 fully saturated rings. The van der Waals surface area contributed by atoms with Crippen LogP contribution in [0.2, 0.25) is 5.15 Å². The maximum Gasteiger partial charge on any atom is 0.345 e. The van der Waals surface area contributed by atoms with Crippen molar-refractivity contribution in [2.75, 3.05) is 25.5 Å². The molecule has 1 N–H and O–H groups in total. The quantitative estimate of drug-likeness (QED) is 0.347. The van der Waals surface area contributed by atoms with Gasteiger partial charge in [-0.15, -0.1) is 5.10 Å². The lowest BCUT2D eigenvalue weighted by atomic mass is 10.0. The first-order chi connectivity index (χ1) is 17.7. The standard InChI is InChI=1S/C22H18ClF2N7O4S/c1-10-3-12(13-4-17(23)27-6-16(13)35-2)14(5-26-10)18(33)29-21-30-32-9-15(28-22(32)37-21)19(34)31-7-11(8-31)36-20(24)25/h3-6,9,11,20H,7-8H2,1-2H3,(H,29,30,33). The summed E-state index contributed by atoms with van der Waals surface area (Å²) in [5, 5.41) is 7.48. The second kappa shape index (κ2) is 9.95. The Morgan fingerprint density at radius 2 is 2.00 bits per heavy atom. The molecular formula is C22H18ClF2N7O4S. The van der Waals surface area contributed by atoms with Crippen LogP contribution < -0.4 is 10.1 Å². The fourth-order valence-corrected chi connectivity index (χ4v) is 4.70. The molecule has 37 heavy (non-hydrogen) atoms. The van der Waals surface area contributed by atoms with E-state index in [4.69, 9.17) is 16.3 Å². The summed E-state index contributed by atoms with van der Waals surface area (Å²) in [6.07, 6.45) is 3.63. The van der Waals surface area contributed by atoms with Crippen LogP contribution in [-0.4, -0.2) is 74.2 Å². The molecule has 1 aliphatic heterocycles. The largest absolute Gasteiger partial charge is 0.494 e. The molecule has 5 heterocycles. The number of alkyl halides is 2. The number of carbonyl (C=O) groups is 2. The van der Waals surface area contributed by atoms with Crippen molar-refractivity contribution in [1.29, 1.82) is 0 Å². The van der Waals surface area contributed by atoms with Crippen LogP contribution in [-0.2, 0) is 4.74 Å². The molecular weight excluding hydrogens is 532 g/mol. The number of ether oxygens (including phenoxy) is 2. The number of rotatable bonds is 7. The summed E-state index contributed by atoms with van der Waals surface area (Å²) in [5.41, 5.74) is 2.17. The number of imidazole rings is 1. The molecule has 2 amide bonds. The molecule has 0 bridgehead atoms. The number of likely N-dealkylation sites (tertiary alicyclic amines) is 1. The summed E-state index contributed by atoms with van der Waals surface area (Å²) in [5.74, 6) is -0.461. The monoisotopic (exact) mass is 549 g/mol. The third-order valence-electron chi connectivity index (χ3n) is 5.54. The summed E-state index contributed by atoms with van der Waals surface area (Å²) in [6.45, 7) is -0.969. The zero-order valence-electron chi connectivity index (χ0n) is 19.3. The number of aromatic nitrogens is 5. The molecule has 5 rings (SSSR count). The van der Waals surface area contributed by atoms with E-state index < -0.39 is 24.5 Å². The topological polar surface area (TPSA) is 124 Å². The number of halogens is 3. The Kier molecular flexibility index (Phi) is 6.70. The minimum atomic E-state index is -2.88. The van der Waals surface area contributed by atoms with Crippen LogP contribution >= 0.6 is 22.9 Å². The van der Waals surface area contributed by atoms with E-state index in [-0.39, 0.29) is 34.6 Å². The highest BCUT2D eigenvalue weighted by atomic mass is 35.5. The minimum Gasteiger partial charge on any atom is -0.494 e. The number of anilines is 1. The van der Waals surface area contributed by atoms with E-state index in [1.165, 1.54) is 35.1 Å². The molecule has 11 nitrogen and oxygen atoms in total. The molecule has 0 radical (unpaired) electrons. The summed E-state index contributed by atoms with van der Waals surface area (Å²) < 4.78 is 35.7. The van der Waals surface area contributed by atoms with Crippen molar-refractivity contribution in [3.05, 3.63) is 52.8 Å². The number of pyridine rings is 2. The van der Waals surface area contributed by atoms with Gasteiger partial charge in [0, 0.05) is 36.1 Å². The van der Waals surface area contributed by atoms with E-state index >= 15 is 0 Å². The number of hydrogen-bond acceptors (Lipinski definition) is 9. The number of fused-ring (bicyclic) bond motifs is 1. The van der Waals surface area contributed by atoms with Gasteiger partial charge in [0.15, 0.2) is 0 Å². The lowest BCUT2D eigenvalue weighted by molar-refractivity contribution is -0.189. The molecule has 4 aromatic rings. The van der Waals surface area contributed by atoms with Crippen molar-refractivity contribution in [3.8, 4) is 16.9 Å². The first-order valence-corrected chi connectivity index (χ1v) is 12.0. The summed E-state index contributed by atoms with van der Waals surface area (Å²) >= 11 is 7.15. The number of methoxy groups -OCH3 is 1. The van der Waals surface area contributed by atoms with E-state index in [1.54, 1.807) is 19.1 Å². The first kappa shape index (κ1) is 24.9. The van der Waals surface area contributed by atoms with E-state index in [2.05, 4.69) is 30.1 Å². The van der Waals surface area contributed by atoms with Crippen molar-refractivity contribution < 1.29 is 27.8 Å². The molecule has 4 aromatic heterocycles.